The molecular formula is C20H23NO3. The number of hydrogen-bond donors (Lipinski definition) is 1. The van der Waals surface area contributed by atoms with Crippen molar-refractivity contribution >= 4 is 17.6 Å². The van der Waals surface area contributed by atoms with E-state index in [4.69, 9.17) is 4.74 Å². The molecule has 1 N–H and O–H groups in total. The summed E-state index contributed by atoms with van der Waals surface area (Å²) in [6, 6.07) is 18.2. The number of carbonyl (C=O) groups excluding carboxylic acids is 2. The van der Waals surface area contributed by atoms with E-state index in [9.17, 15) is 9.59 Å². The van der Waals surface area contributed by atoms with E-state index in [1.54, 1.807) is 0 Å². The number of aryl methyl sites for hydroxylation is 2. The molecule has 4 heteroatoms. The third kappa shape index (κ3) is 6.24. The normalized spacial score (nSPS) is 10.2. The number of para-hydroxylation sites is 1. The van der Waals surface area contributed by atoms with Crippen molar-refractivity contribution in [2.24, 2.45) is 0 Å². The number of amides is 1. The molecule has 0 fully saturated rings. The molecule has 0 heterocycles. The van der Waals surface area contributed by atoms with Gasteiger partial charge in [-0.05, 0) is 42.9 Å². The van der Waals surface area contributed by atoms with Crippen LogP contribution in [0.1, 0.15) is 30.9 Å². The number of unbranched alkanes of at least 4 members (excludes halogenated alkanes) is 1. The van der Waals surface area contributed by atoms with Gasteiger partial charge in [-0.25, -0.2) is 0 Å². The molecule has 0 aliphatic carbocycles. The van der Waals surface area contributed by atoms with Crippen LogP contribution in [0, 0.1) is 0 Å². The van der Waals surface area contributed by atoms with Gasteiger partial charge in [-0.3, -0.25) is 9.59 Å². The first-order valence-electron chi connectivity index (χ1n) is 8.20. The summed E-state index contributed by atoms with van der Waals surface area (Å²) in [5, 5.41) is 2.81. The highest BCUT2D eigenvalue weighted by molar-refractivity contribution is 5.93. The van der Waals surface area contributed by atoms with E-state index in [0.29, 0.717) is 0 Å². The Kier molecular flexibility index (Phi) is 7.02. The highest BCUT2D eigenvalue weighted by Crippen LogP contribution is 2.18. The molecule has 1 amide bonds. The van der Waals surface area contributed by atoms with Gasteiger partial charge in [0.05, 0.1) is 0 Å². The lowest BCUT2D eigenvalue weighted by atomic mass is 10.0. The number of anilines is 1. The third-order valence-electron chi connectivity index (χ3n) is 3.70. The van der Waals surface area contributed by atoms with Crippen LogP contribution in [-0.2, 0) is 27.2 Å². The first kappa shape index (κ1) is 17.7. The zero-order valence-electron chi connectivity index (χ0n) is 14.0. The smallest absolute Gasteiger partial charge is 0.303 e. The molecule has 2 aromatic rings. The number of carbonyl (C=O) groups is 2. The first-order chi connectivity index (χ1) is 11.6. The van der Waals surface area contributed by atoms with Gasteiger partial charge >= 0.3 is 5.97 Å². The molecule has 4 nitrogen and oxygen atoms in total. The van der Waals surface area contributed by atoms with Gasteiger partial charge in [0, 0.05) is 12.6 Å². The summed E-state index contributed by atoms with van der Waals surface area (Å²) < 4.78 is 4.71. The van der Waals surface area contributed by atoms with Crippen LogP contribution < -0.4 is 5.32 Å². The van der Waals surface area contributed by atoms with Gasteiger partial charge in [0.2, 0.25) is 0 Å². The Morgan fingerprint density at radius 3 is 2.33 bits per heavy atom. The van der Waals surface area contributed by atoms with Crippen LogP contribution in [0.4, 0.5) is 5.69 Å². The van der Waals surface area contributed by atoms with E-state index in [0.717, 1.165) is 36.9 Å². The number of ether oxygens (including phenoxy) is 1. The van der Waals surface area contributed by atoms with Crippen molar-refractivity contribution in [2.75, 3.05) is 11.9 Å². The SMILES string of the molecule is CC(=O)OCC(=O)Nc1ccccc1CCCCc1ccccc1. The second kappa shape index (κ2) is 9.50. The molecule has 0 radical (unpaired) electrons. The minimum absolute atomic E-state index is 0.252. The van der Waals surface area contributed by atoms with Crippen LogP contribution in [0.3, 0.4) is 0 Å². The third-order valence-corrected chi connectivity index (χ3v) is 3.70. The Morgan fingerprint density at radius 2 is 1.58 bits per heavy atom. The van der Waals surface area contributed by atoms with Crippen molar-refractivity contribution in [1.29, 1.82) is 0 Å². The number of nitrogens with one attached hydrogen (secondary N) is 1. The predicted molar refractivity (Wildman–Crippen MR) is 94.8 cm³/mol. The Morgan fingerprint density at radius 1 is 0.917 bits per heavy atom. The molecule has 0 saturated carbocycles. The first-order valence-corrected chi connectivity index (χ1v) is 8.20. The van der Waals surface area contributed by atoms with Crippen molar-refractivity contribution in [3.05, 3.63) is 65.7 Å². The zero-order valence-corrected chi connectivity index (χ0v) is 14.0. The molecule has 24 heavy (non-hydrogen) atoms. The fourth-order valence-corrected chi connectivity index (χ4v) is 2.50. The molecule has 2 rings (SSSR count). The fraction of sp³-hybridized carbons (Fsp3) is 0.300. The summed E-state index contributed by atoms with van der Waals surface area (Å²) in [6.07, 6.45) is 4.10. The van der Waals surface area contributed by atoms with E-state index in [-0.39, 0.29) is 12.5 Å². The van der Waals surface area contributed by atoms with Gasteiger partial charge in [-0.2, -0.15) is 0 Å². The lowest BCUT2D eigenvalue weighted by Gasteiger charge is -2.11. The quantitative estimate of drug-likeness (QED) is 0.594. The van der Waals surface area contributed by atoms with E-state index in [1.807, 2.05) is 30.3 Å². The average molecular weight is 325 g/mol. The standard InChI is InChI=1S/C20H23NO3/c1-16(22)24-15-20(23)21-19-14-8-7-13-18(19)12-6-5-11-17-9-3-2-4-10-17/h2-4,7-10,13-14H,5-6,11-12,15H2,1H3,(H,21,23). The molecule has 126 valence electrons. The van der Waals surface area contributed by atoms with Crippen LogP contribution in [0.2, 0.25) is 0 Å². The largest absolute Gasteiger partial charge is 0.456 e. The summed E-state index contributed by atoms with van der Waals surface area (Å²) in [5.74, 6) is -0.777. The Labute approximate surface area is 142 Å². The average Bonchev–Trinajstić information content (AvgIpc) is 2.59. The minimum atomic E-state index is -0.459. The molecule has 0 aliphatic heterocycles. The molecule has 0 unspecified atom stereocenters. The molecule has 0 atom stereocenters. The van der Waals surface area contributed by atoms with Crippen LogP contribution in [-0.4, -0.2) is 18.5 Å². The molecule has 0 bridgehead atoms. The highest BCUT2D eigenvalue weighted by Gasteiger charge is 2.08. The maximum Gasteiger partial charge on any atom is 0.303 e. The highest BCUT2D eigenvalue weighted by atomic mass is 16.5. The van der Waals surface area contributed by atoms with Crippen molar-refractivity contribution in [1.82, 2.24) is 0 Å². The van der Waals surface area contributed by atoms with Crippen LogP contribution in [0.25, 0.3) is 0 Å². The summed E-state index contributed by atoms with van der Waals surface area (Å²) in [5.41, 5.74) is 3.23. The van der Waals surface area contributed by atoms with E-state index >= 15 is 0 Å². The Hall–Kier alpha value is -2.62. The monoisotopic (exact) mass is 325 g/mol. The lowest BCUT2D eigenvalue weighted by Crippen LogP contribution is -2.20. The molecule has 2 aromatic carbocycles. The van der Waals surface area contributed by atoms with Crippen LogP contribution in [0.15, 0.2) is 54.6 Å². The van der Waals surface area contributed by atoms with Crippen molar-refractivity contribution in [3.63, 3.8) is 0 Å². The van der Waals surface area contributed by atoms with E-state index in [2.05, 4.69) is 29.6 Å². The Balaban J connectivity index is 1.82. The van der Waals surface area contributed by atoms with Gasteiger partial charge in [-0.15, -0.1) is 0 Å². The second-order valence-corrected chi connectivity index (χ2v) is 5.68. The maximum atomic E-state index is 11.8. The van der Waals surface area contributed by atoms with Crippen molar-refractivity contribution in [3.8, 4) is 0 Å². The number of esters is 1. The second-order valence-electron chi connectivity index (χ2n) is 5.68. The van der Waals surface area contributed by atoms with E-state index in [1.165, 1.54) is 12.5 Å². The number of benzene rings is 2. The zero-order chi connectivity index (χ0) is 17.2. The summed E-state index contributed by atoms with van der Waals surface area (Å²) in [6.45, 7) is 1.03. The minimum Gasteiger partial charge on any atom is -0.456 e. The maximum absolute atomic E-state index is 11.8. The van der Waals surface area contributed by atoms with Gasteiger partial charge in [0.25, 0.3) is 5.91 Å². The fourth-order valence-electron chi connectivity index (χ4n) is 2.50. The van der Waals surface area contributed by atoms with Crippen LogP contribution >= 0.6 is 0 Å². The van der Waals surface area contributed by atoms with Crippen molar-refractivity contribution in [2.45, 2.75) is 32.6 Å². The summed E-state index contributed by atoms with van der Waals surface area (Å²) in [7, 11) is 0. The lowest BCUT2D eigenvalue weighted by molar-refractivity contribution is -0.144. The summed E-state index contributed by atoms with van der Waals surface area (Å²) in [4.78, 5) is 22.6. The van der Waals surface area contributed by atoms with Gasteiger partial charge in [0.15, 0.2) is 6.61 Å². The van der Waals surface area contributed by atoms with Crippen molar-refractivity contribution < 1.29 is 14.3 Å². The predicted octanol–water partition coefficient (Wildman–Crippen LogP) is 3.75. The van der Waals surface area contributed by atoms with Crippen LogP contribution in [0.5, 0.6) is 0 Å². The molecule has 0 saturated heterocycles. The van der Waals surface area contributed by atoms with E-state index < -0.39 is 5.97 Å². The molecule has 0 spiro atoms. The van der Waals surface area contributed by atoms with Gasteiger partial charge in [0.1, 0.15) is 0 Å². The summed E-state index contributed by atoms with van der Waals surface area (Å²) >= 11 is 0. The van der Waals surface area contributed by atoms with Gasteiger partial charge in [-0.1, -0.05) is 48.5 Å². The molecule has 0 aromatic heterocycles. The number of hydrogen-bond acceptors (Lipinski definition) is 3. The number of rotatable bonds is 8. The van der Waals surface area contributed by atoms with Gasteiger partial charge < -0.3 is 10.1 Å². The topological polar surface area (TPSA) is 55.4 Å². The molecular weight excluding hydrogens is 302 g/mol. The molecule has 0 aliphatic rings. The Bertz CT molecular complexity index is 668.